The summed E-state index contributed by atoms with van der Waals surface area (Å²) >= 11 is 0. The van der Waals surface area contributed by atoms with Gasteiger partial charge in [-0.15, -0.1) is 0 Å². The predicted molar refractivity (Wildman–Crippen MR) is 94.4 cm³/mol. The molecule has 4 fully saturated rings. The van der Waals surface area contributed by atoms with Gasteiger partial charge in [0.05, 0.1) is 6.10 Å². The fourth-order valence-electron chi connectivity index (χ4n) is 6.48. The predicted octanol–water partition coefficient (Wildman–Crippen LogP) is 4.98. The molecule has 3 heteroatoms. The maximum atomic E-state index is 9.69. The first-order valence-corrected chi connectivity index (χ1v) is 12.4. The van der Waals surface area contributed by atoms with Crippen molar-refractivity contribution in [2.75, 3.05) is 6.61 Å². The Labute approximate surface area is 138 Å². The van der Waals surface area contributed by atoms with E-state index >= 15 is 0 Å². The molecule has 0 aliphatic heterocycles. The maximum Gasteiger partial charge on any atom is 0.192 e. The Morgan fingerprint density at radius 3 is 1.77 bits per heavy atom. The van der Waals surface area contributed by atoms with E-state index in [2.05, 4.69) is 20.8 Å². The van der Waals surface area contributed by atoms with Crippen LogP contribution in [0.25, 0.3) is 0 Å². The lowest BCUT2D eigenvalue weighted by atomic mass is 9.48. The van der Waals surface area contributed by atoms with Crippen LogP contribution in [0, 0.1) is 23.2 Å². The van der Waals surface area contributed by atoms with Gasteiger partial charge in [0.2, 0.25) is 0 Å². The zero-order valence-corrected chi connectivity index (χ0v) is 15.9. The molecular weight excluding hydrogens is 288 g/mol. The molecule has 0 saturated heterocycles. The summed E-state index contributed by atoms with van der Waals surface area (Å²) in [4.78, 5) is 0. The number of hydrogen-bond acceptors (Lipinski definition) is 2. The van der Waals surface area contributed by atoms with E-state index in [9.17, 15) is 5.11 Å². The van der Waals surface area contributed by atoms with Crippen LogP contribution in [0.3, 0.4) is 0 Å². The highest BCUT2D eigenvalue weighted by atomic mass is 28.4. The third-order valence-electron chi connectivity index (χ3n) is 7.49. The molecule has 22 heavy (non-hydrogen) atoms. The first-order valence-electron chi connectivity index (χ1n) is 9.87. The van der Waals surface area contributed by atoms with E-state index in [0.29, 0.717) is 18.1 Å². The first-order chi connectivity index (χ1) is 10.6. The second-order valence-electron chi connectivity index (χ2n) is 8.64. The van der Waals surface area contributed by atoms with Crippen molar-refractivity contribution in [3.63, 3.8) is 0 Å². The minimum Gasteiger partial charge on any atom is -0.413 e. The molecular formula is C19H36O2Si. The van der Waals surface area contributed by atoms with Crippen LogP contribution in [-0.2, 0) is 4.43 Å². The summed E-state index contributed by atoms with van der Waals surface area (Å²) in [6, 6.07) is 3.69. The molecule has 128 valence electrons. The van der Waals surface area contributed by atoms with E-state index < -0.39 is 8.32 Å². The van der Waals surface area contributed by atoms with E-state index in [1.807, 2.05) is 0 Å². The summed E-state index contributed by atoms with van der Waals surface area (Å²) in [7, 11) is -1.58. The second kappa shape index (κ2) is 6.56. The van der Waals surface area contributed by atoms with Gasteiger partial charge in [-0.1, -0.05) is 20.8 Å². The molecule has 0 unspecified atom stereocenters. The molecule has 4 saturated carbocycles. The number of rotatable bonds is 8. The molecule has 4 aliphatic carbocycles. The fourth-order valence-corrected chi connectivity index (χ4v) is 9.45. The van der Waals surface area contributed by atoms with Gasteiger partial charge in [0, 0.05) is 6.61 Å². The summed E-state index contributed by atoms with van der Waals surface area (Å²) < 4.78 is 6.99. The van der Waals surface area contributed by atoms with Crippen molar-refractivity contribution in [1.29, 1.82) is 0 Å². The van der Waals surface area contributed by atoms with Gasteiger partial charge < -0.3 is 9.53 Å². The van der Waals surface area contributed by atoms with Crippen LogP contribution in [0.5, 0.6) is 0 Å². The Hall–Kier alpha value is 0.137. The molecule has 1 N–H and O–H groups in total. The molecule has 0 radical (unpaired) electrons. The van der Waals surface area contributed by atoms with Crippen molar-refractivity contribution in [3.8, 4) is 0 Å². The minimum atomic E-state index is -1.58. The summed E-state index contributed by atoms with van der Waals surface area (Å²) in [5, 5.41) is 9.69. The molecule has 1 atom stereocenters. The minimum absolute atomic E-state index is 0.300. The lowest BCUT2D eigenvalue weighted by molar-refractivity contribution is -0.119. The number of hydrogen-bond donors (Lipinski definition) is 1. The van der Waals surface area contributed by atoms with E-state index in [4.69, 9.17) is 4.43 Å². The average Bonchev–Trinajstić information content (AvgIpc) is 2.50. The maximum absolute atomic E-state index is 9.69. The Balaban J connectivity index is 1.81. The first kappa shape index (κ1) is 17.0. The molecule has 0 heterocycles. The Morgan fingerprint density at radius 1 is 0.955 bits per heavy atom. The van der Waals surface area contributed by atoms with E-state index in [1.165, 1.54) is 56.7 Å². The van der Waals surface area contributed by atoms with Crippen LogP contribution in [0.15, 0.2) is 0 Å². The van der Waals surface area contributed by atoms with Crippen LogP contribution in [0.1, 0.15) is 65.7 Å². The second-order valence-corrected chi connectivity index (χ2v) is 13.4. The van der Waals surface area contributed by atoms with E-state index in [-0.39, 0.29) is 0 Å². The average molecular weight is 325 g/mol. The van der Waals surface area contributed by atoms with Crippen LogP contribution in [0.4, 0.5) is 0 Å². The van der Waals surface area contributed by atoms with Crippen molar-refractivity contribution in [3.05, 3.63) is 0 Å². The van der Waals surface area contributed by atoms with Gasteiger partial charge in [-0.05, 0) is 86.2 Å². The van der Waals surface area contributed by atoms with Gasteiger partial charge in [-0.2, -0.15) is 0 Å². The Kier molecular flexibility index (Phi) is 5.06. The smallest absolute Gasteiger partial charge is 0.192 e. The molecule has 4 aliphatic rings. The molecule has 2 nitrogen and oxygen atoms in total. The van der Waals surface area contributed by atoms with Gasteiger partial charge in [-0.25, -0.2) is 0 Å². The third kappa shape index (κ3) is 2.93. The highest BCUT2D eigenvalue weighted by Crippen LogP contribution is 2.62. The normalized spacial score (nSPS) is 38.5. The van der Waals surface area contributed by atoms with Crippen molar-refractivity contribution < 1.29 is 9.53 Å². The number of aliphatic hydroxyl groups excluding tert-OH is 1. The largest absolute Gasteiger partial charge is 0.413 e. The molecule has 0 spiro atoms. The lowest BCUT2D eigenvalue weighted by Crippen LogP contribution is -2.55. The van der Waals surface area contributed by atoms with Gasteiger partial charge in [0.1, 0.15) is 0 Å². The lowest BCUT2D eigenvalue weighted by Gasteiger charge is -2.60. The quantitative estimate of drug-likeness (QED) is 0.638. The fraction of sp³-hybridized carbons (Fsp3) is 1.00. The highest BCUT2D eigenvalue weighted by molar-refractivity contribution is 6.73. The van der Waals surface area contributed by atoms with Crippen molar-refractivity contribution in [2.45, 2.75) is 90.0 Å². The van der Waals surface area contributed by atoms with Crippen LogP contribution in [-0.4, -0.2) is 26.1 Å². The zero-order valence-electron chi connectivity index (χ0n) is 14.9. The van der Waals surface area contributed by atoms with Gasteiger partial charge in [0.25, 0.3) is 0 Å². The van der Waals surface area contributed by atoms with Crippen LogP contribution in [0.2, 0.25) is 18.1 Å². The Bertz CT molecular complexity index is 334. The molecule has 0 aromatic heterocycles. The van der Waals surface area contributed by atoms with E-state index in [1.54, 1.807) is 0 Å². The number of aliphatic hydroxyl groups is 1. The van der Waals surface area contributed by atoms with Gasteiger partial charge in [0.15, 0.2) is 8.32 Å². The van der Waals surface area contributed by atoms with Gasteiger partial charge in [-0.3, -0.25) is 0 Å². The summed E-state index contributed by atoms with van der Waals surface area (Å²) in [5.74, 6) is 2.91. The molecule has 0 aromatic carbocycles. The van der Waals surface area contributed by atoms with Crippen LogP contribution >= 0.6 is 0 Å². The Morgan fingerprint density at radius 2 is 1.41 bits per heavy atom. The summed E-state index contributed by atoms with van der Waals surface area (Å²) in [6.07, 6.45) is 9.87. The van der Waals surface area contributed by atoms with Crippen LogP contribution < -0.4 is 0 Å². The SMILES string of the molecule is CC[Si](CC)(CC)O[C@H](CCO)C12CC3CC(CC(C3)C1)C2. The van der Waals surface area contributed by atoms with Crippen molar-refractivity contribution in [2.24, 2.45) is 23.2 Å². The van der Waals surface area contributed by atoms with Crippen molar-refractivity contribution in [1.82, 2.24) is 0 Å². The molecule has 4 bridgehead atoms. The topological polar surface area (TPSA) is 29.5 Å². The standard InChI is InChI=1S/C19H36O2Si/c1-4-22(5-2,6-3)21-18(7-8-20)19-12-15-9-16(13-19)11-17(10-15)14-19/h15-18,20H,4-14H2,1-3H3/t15?,16?,17?,18-,19?/m1/s1. The molecule has 4 rings (SSSR count). The highest BCUT2D eigenvalue weighted by Gasteiger charge is 2.55. The summed E-state index contributed by atoms with van der Waals surface area (Å²) in [6.45, 7) is 7.28. The summed E-state index contributed by atoms with van der Waals surface area (Å²) in [5.41, 5.74) is 0.426. The monoisotopic (exact) mass is 324 g/mol. The van der Waals surface area contributed by atoms with Gasteiger partial charge >= 0.3 is 0 Å². The third-order valence-corrected chi connectivity index (χ3v) is 12.1. The van der Waals surface area contributed by atoms with Crippen molar-refractivity contribution >= 4 is 8.32 Å². The zero-order chi connectivity index (χ0) is 15.8. The molecule has 0 amide bonds. The van der Waals surface area contributed by atoms with E-state index in [0.717, 1.165) is 24.2 Å². The molecule has 0 aromatic rings.